The Bertz CT molecular complexity index is 671. The third-order valence-electron chi connectivity index (χ3n) is 2.13. The zero-order chi connectivity index (χ0) is 15.3. The lowest BCUT2D eigenvalue weighted by Crippen LogP contribution is -2.08. The third-order valence-corrected chi connectivity index (χ3v) is 2.82. The van der Waals surface area contributed by atoms with E-state index in [1.54, 1.807) is 6.07 Å². The van der Waals surface area contributed by atoms with Crippen molar-refractivity contribution in [1.82, 2.24) is 0 Å². The first-order chi connectivity index (χ1) is 9.33. The summed E-state index contributed by atoms with van der Waals surface area (Å²) in [7, 11) is 0. The molecule has 0 heterocycles. The lowest BCUT2D eigenvalue weighted by atomic mass is 10.1. The first-order valence-electron chi connectivity index (χ1n) is 4.91. The fraction of sp³-hybridized carbons (Fsp3) is 0.0833. The maximum Gasteiger partial charge on any atom is 0.417 e. The highest BCUT2D eigenvalue weighted by Gasteiger charge is 2.33. The number of nitriles is 3. The van der Waals surface area contributed by atoms with Gasteiger partial charge in [0, 0.05) is 10.2 Å². The van der Waals surface area contributed by atoms with E-state index in [4.69, 9.17) is 15.8 Å². The molecule has 0 aliphatic heterocycles. The van der Waals surface area contributed by atoms with Gasteiger partial charge in [-0.15, -0.1) is 0 Å². The van der Waals surface area contributed by atoms with Gasteiger partial charge in [0.25, 0.3) is 0 Å². The zero-order valence-corrected chi connectivity index (χ0v) is 11.2. The molecule has 0 bridgehead atoms. The maximum atomic E-state index is 12.7. The van der Waals surface area contributed by atoms with Gasteiger partial charge in [-0.1, -0.05) is 15.9 Å². The lowest BCUT2D eigenvalue weighted by molar-refractivity contribution is -0.138. The fourth-order valence-corrected chi connectivity index (χ4v) is 1.72. The molecule has 8 heteroatoms. The molecule has 0 amide bonds. The first-order valence-corrected chi connectivity index (χ1v) is 5.71. The molecule has 1 aromatic carbocycles. The van der Waals surface area contributed by atoms with Crippen LogP contribution in [0.4, 0.5) is 18.9 Å². The molecule has 4 nitrogen and oxygen atoms in total. The molecule has 0 aromatic heterocycles. The van der Waals surface area contributed by atoms with Gasteiger partial charge in [-0.2, -0.15) is 29.0 Å². The summed E-state index contributed by atoms with van der Waals surface area (Å²) in [6.45, 7) is 0. The summed E-state index contributed by atoms with van der Waals surface area (Å²) >= 11 is 2.78. The number of hydrogen-bond acceptors (Lipinski definition) is 4. The average Bonchev–Trinajstić information content (AvgIpc) is 2.39. The Hall–Kier alpha value is -2.50. The summed E-state index contributed by atoms with van der Waals surface area (Å²) < 4.78 is 37.9. The molecular formula is C12H4BrF3N4. The van der Waals surface area contributed by atoms with Crippen LogP contribution in [0.1, 0.15) is 5.56 Å². The van der Waals surface area contributed by atoms with Crippen LogP contribution < -0.4 is 5.32 Å². The van der Waals surface area contributed by atoms with Crippen LogP contribution in [0.2, 0.25) is 0 Å². The van der Waals surface area contributed by atoms with Gasteiger partial charge in [0.15, 0.2) is 5.57 Å². The molecule has 0 fully saturated rings. The van der Waals surface area contributed by atoms with E-state index >= 15 is 0 Å². The molecule has 0 atom stereocenters. The van der Waals surface area contributed by atoms with Crippen LogP contribution >= 0.6 is 15.9 Å². The van der Waals surface area contributed by atoms with Crippen molar-refractivity contribution >= 4 is 21.6 Å². The highest BCUT2D eigenvalue weighted by atomic mass is 79.9. The SMILES string of the molecule is N#CC(C#N)=C(C#N)Nc1ccc(Br)c(C(F)(F)F)c1. The van der Waals surface area contributed by atoms with Gasteiger partial charge in [0.1, 0.15) is 23.9 Å². The maximum absolute atomic E-state index is 12.7. The van der Waals surface area contributed by atoms with Crippen LogP contribution in [-0.2, 0) is 6.18 Å². The monoisotopic (exact) mass is 340 g/mol. The number of nitrogens with zero attached hydrogens (tertiary/aromatic N) is 3. The van der Waals surface area contributed by atoms with Crippen molar-refractivity contribution in [1.29, 1.82) is 15.8 Å². The Morgan fingerprint density at radius 3 is 2.15 bits per heavy atom. The van der Waals surface area contributed by atoms with E-state index in [9.17, 15) is 13.2 Å². The first kappa shape index (κ1) is 15.6. The Morgan fingerprint density at radius 2 is 1.70 bits per heavy atom. The van der Waals surface area contributed by atoms with Crippen LogP contribution in [0.3, 0.4) is 0 Å². The van der Waals surface area contributed by atoms with E-state index in [1.807, 2.05) is 0 Å². The Labute approximate surface area is 120 Å². The Morgan fingerprint density at radius 1 is 1.10 bits per heavy atom. The molecule has 1 aromatic rings. The molecule has 1 rings (SSSR count). The minimum absolute atomic E-state index is 0.0555. The quantitative estimate of drug-likeness (QED) is 0.832. The van der Waals surface area contributed by atoms with E-state index in [-0.39, 0.29) is 10.2 Å². The molecule has 1 N–H and O–H groups in total. The second kappa shape index (κ2) is 6.10. The topological polar surface area (TPSA) is 83.4 Å². The number of allylic oxidation sites excluding steroid dienone is 2. The molecule has 0 aliphatic carbocycles. The van der Waals surface area contributed by atoms with Crippen molar-refractivity contribution in [2.75, 3.05) is 5.32 Å². The summed E-state index contributed by atoms with van der Waals surface area (Å²) in [5.74, 6) is 0. The van der Waals surface area contributed by atoms with Gasteiger partial charge < -0.3 is 5.32 Å². The molecule has 20 heavy (non-hydrogen) atoms. The van der Waals surface area contributed by atoms with Gasteiger partial charge in [-0.25, -0.2) is 0 Å². The number of alkyl halides is 3. The minimum Gasteiger partial charge on any atom is -0.345 e. The largest absolute Gasteiger partial charge is 0.417 e. The molecule has 0 radical (unpaired) electrons. The van der Waals surface area contributed by atoms with Gasteiger partial charge in [-0.3, -0.25) is 0 Å². The average molecular weight is 341 g/mol. The van der Waals surface area contributed by atoms with Crippen molar-refractivity contribution < 1.29 is 13.2 Å². The molecule has 0 saturated carbocycles. The Balaban J connectivity index is 3.26. The molecule has 0 saturated heterocycles. The van der Waals surface area contributed by atoms with E-state index < -0.39 is 23.0 Å². The predicted molar refractivity (Wildman–Crippen MR) is 66.6 cm³/mol. The zero-order valence-electron chi connectivity index (χ0n) is 9.59. The van der Waals surface area contributed by atoms with E-state index in [1.165, 1.54) is 18.2 Å². The van der Waals surface area contributed by atoms with Crippen molar-refractivity contribution in [2.24, 2.45) is 0 Å². The lowest BCUT2D eigenvalue weighted by Gasteiger charge is -2.12. The van der Waals surface area contributed by atoms with Crippen LogP contribution in [0.25, 0.3) is 0 Å². The second-order valence-corrected chi connectivity index (χ2v) is 4.26. The smallest absolute Gasteiger partial charge is 0.345 e. The molecule has 0 spiro atoms. The molecule has 100 valence electrons. The number of anilines is 1. The van der Waals surface area contributed by atoms with Crippen LogP contribution in [0.5, 0.6) is 0 Å². The molecular weight excluding hydrogens is 337 g/mol. The predicted octanol–water partition coefficient (Wildman–Crippen LogP) is 3.70. The number of halogens is 4. The van der Waals surface area contributed by atoms with Gasteiger partial charge >= 0.3 is 6.18 Å². The van der Waals surface area contributed by atoms with Crippen LogP contribution in [0.15, 0.2) is 33.9 Å². The van der Waals surface area contributed by atoms with Crippen molar-refractivity contribution in [3.8, 4) is 18.2 Å². The normalized spacial score (nSPS) is 9.85. The van der Waals surface area contributed by atoms with Gasteiger partial charge in [-0.05, 0) is 18.2 Å². The summed E-state index contributed by atoms with van der Waals surface area (Å²) in [6, 6.07) is 7.72. The van der Waals surface area contributed by atoms with Crippen LogP contribution in [0, 0.1) is 34.0 Å². The second-order valence-electron chi connectivity index (χ2n) is 3.40. The highest BCUT2D eigenvalue weighted by molar-refractivity contribution is 9.10. The van der Waals surface area contributed by atoms with Crippen molar-refractivity contribution in [2.45, 2.75) is 6.18 Å². The summed E-state index contributed by atoms with van der Waals surface area (Å²) in [4.78, 5) is 0. The molecule has 0 unspecified atom stereocenters. The number of nitrogens with one attached hydrogen (secondary N) is 1. The third kappa shape index (κ3) is 3.50. The van der Waals surface area contributed by atoms with E-state index in [0.717, 1.165) is 12.1 Å². The minimum atomic E-state index is -4.57. The summed E-state index contributed by atoms with van der Waals surface area (Å²) in [6.07, 6.45) is -4.57. The number of hydrogen-bond donors (Lipinski definition) is 1. The van der Waals surface area contributed by atoms with E-state index in [0.29, 0.717) is 0 Å². The number of rotatable bonds is 2. The molecule has 0 aliphatic rings. The number of benzene rings is 1. The summed E-state index contributed by atoms with van der Waals surface area (Å²) in [5.41, 5.74) is -1.91. The van der Waals surface area contributed by atoms with E-state index in [2.05, 4.69) is 21.2 Å². The van der Waals surface area contributed by atoms with Crippen molar-refractivity contribution in [3.63, 3.8) is 0 Å². The van der Waals surface area contributed by atoms with Crippen LogP contribution in [-0.4, -0.2) is 0 Å². The van der Waals surface area contributed by atoms with Crippen molar-refractivity contribution in [3.05, 3.63) is 39.5 Å². The fourth-order valence-electron chi connectivity index (χ4n) is 1.25. The summed E-state index contributed by atoms with van der Waals surface area (Å²) in [5, 5.41) is 28.4. The Kier molecular flexibility index (Phi) is 4.74. The van der Waals surface area contributed by atoms with Gasteiger partial charge in [0.2, 0.25) is 0 Å². The highest BCUT2D eigenvalue weighted by Crippen LogP contribution is 2.36. The standard InChI is InChI=1S/C12H4BrF3N4/c13-10-2-1-8(3-9(10)12(14,15)16)20-11(6-19)7(4-17)5-18/h1-3,20H. The van der Waals surface area contributed by atoms with Gasteiger partial charge in [0.05, 0.1) is 5.56 Å².